The zero-order chi connectivity index (χ0) is 10.8. The third kappa shape index (κ3) is 1.85. The normalized spacial score (nSPS) is 12.7. The Morgan fingerprint density at radius 3 is 2.80 bits per heavy atom. The van der Waals surface area contributed by atoms with Crippen molar-refractivity contribution in [2.75, 3.05) is 0 Å². The second-order valence-corrected chi connectivity index (χ2v) is 3.92. The lowest BCUT2D eigenvalue weighted by molar-refractivity contribution is 0.598. The first kappa shape index (κ1) is 10.1. The average molecular weight is 219 g/mol. The Morgan fingerprint density at radius 2 is 2.27 bits per heavy atom. The van der Waals surface area contributed by atoms with Gasteiger partial charge in [0.25, 0.3) is 0 Å². The van der Waals surface area contributed by atoms with Crippen LogP contribution in [-0.4, -0.2) is 14.5 Å². The zero-order valence-corrected chi connectivity index (χ0v) is 9.58. The SMILES string of the molecule is Cc1c[nH]c(=S)n1C(C)c1ccccn1. The van der Waals surface area contributed by atoms with Crippen LogP contribution in [0.4, 0.5) is 0 Å². The smallest absolute Gasteiger partial charge is 0.177 e. The van der Waals surface area contributed by atoms with Crippen molar-refractivity contribution >= 4 is 12.2 Å². The number of rotatable bonds is 2. The van der Waals surface area contributed by atoms with Crippen molar-refractivity contribution in [3.05, 3.63) is 46.8 Å². The molecule has 0 bridgehead atoms. The summed E-state index contributed by atoms with van der Waals surface area (Å²) >= 11 is 5.23. The number of nitrogens with one attached hydrogen (secondary N) is 1. The van der Waals surface area contributed by atoms with E-state index in [1.807, 2.05) is 31.3 Å². The topological polar surface area (TPSA) is 33.6 Å². The highest BCUT2D eigenvalue weighted by atomic mass is 32.1. The van der Waals surface area contributed by atoms with Gasteiger partial charge in [0.05, 0.1) is 11.7 Å². The molecular weight excluding hydrogens is 206 g/mol. The first-order chi connectivity index (χ1) is 7.20. The predicted molar refractivity (Wildman–Crippen MR) is 62.4 cm³/mol. The number of imidazole rings is 1. The fraction of sp³-hybridized carbons (Fsp3) is 0.273. The minimum Gasteiger partial charge on any atom is -0.337 e. The summed E-state index contributed by atoms with van der Waals surface area (Å²) in [5, 5.41) is 0. The molecule has 2 heterocycles. The molecule has 2 aromatic heterocycles. The summed E-state index contributed by atoms with van der Waals surface area (Å²) in [5.41, 5.74) is 2.15. The highest BCUT2D eigenvalue weighted by Crippen LogP contribution is 2.17. The van der Waals surface area contributed by atoms with Crippen LogP contribution in [0.3, 0.4) is 0 Å². The van der Waals surface area contributed by atoms with Gasteiger partial charge in [-0.05, 0) is 38.2 Å². The van der Waals surface area contributed by atoms with E-state index < -0.39 is 0 Å². The molecule has 3 nitrogen and oxygen atoms in total. The van der Waals surface area contributed by atoms with Gasteiger partial charge in [-0.25, -0.2) is 0 Å². The van der Waals surface area contributed by atoms with Crippen LogP contribution in [0, 0.1) is 11.7 Å². The van der Waals surface area contributed by atoms with Gasteiger partial charge in [-0.3, -0.25) is 4.98 Å². The number of H-pyrrole nitrogens is 1. The summed E-state index contributed by atoms with van der Waals surface area (Å²) in [4.78, 5) is 7.37. The lowest BCUT2D eigenvalue weighted by atomic mass is 10.2. The van der Waals surface area contributed by atoms with Gasteiger partial charge in [-0.1, -0.05) is 6.07 Å². The molecule has 0 aliphatic rings. The number of aryl methyl sites for hydroxylation is 1. The molecule has 0 aliphatic carbocycles. The van der Waals surface area contributed by atoms with E-state index >= 15 is 0 Å². The first-order valence-corrected chi connectivity index (χ1v) is 5.28. The van der Waals surface area contributed by atoms with Gasteiger partial charge in [0.15, 0.2) is 4.77 Å². The standard InChI is InChI=1S/C11H13N3S/c1-8-7-13-11(15)14(8)9(2)10-5-3-4-6-12-10/h3-7,9H,1-2H3,(H,13,15). The van der Waals surface area contributed by atoms with Crippen molar-refractivity contribution in [1.82, 2.24) is 14.5 Å². The highest BCUT2D eigenvalue weighted by molar-refractivity contribution is 7.71. The number of pyridine rings is 1. The molecule has 0 fully saturated rings. The van der Waals surface area contributed by atoms with Gasteiger partial charge in [0.1, 0.15) is 0 Å². The van der Waals surface area contributed by atoms with Gasteiger partial charge in [-0.2, -0.15) is 0 Å². The maximum absolute atomic E-state index is 5.23. The van der Waals surface area contributed by atoms with Crippen LogP contribution < -0.4 is 0 Å². The summed E-state index contributed by atoms with van der Waals surface area (Å²) in [5.74, 6) is 0. The van der Waals surface area contributed by atoms with Crippen LogP contribution in [0.5, 0.6) is 0 Å². The highest BCUT2D eigenvalue weighted by Gasteiger charge is 2.11. The molecule has 15 heavy (non-hydrogen) atoms. The molecule has 2 rings (SSSR count). The van der Waals surface area contributed by atoms with E-state index in [9.17, 15) is 0 Å². The van der Waals surface area contributed by atoms with Crippen molar-refractivity contribution < 1.29 is 0 Å². The fourth-order valence-electron chi connectivity index (χ4n) is 1.70. The minimum atomic E-state index is 0.171. The van der Waals surface area contributed by atoms with E-state index in [1.165, 1.54) is 0 Å². The number of hydrogen-bond donors (Lipinski definition) is 1. The third-order valence-electron chi connectivity index (χ3n) is 2.51. The van der Waals surface area contributed by atoms with Gasteiger partial charge in [-0.15, -0.1) is 0 Å². The van der Waals surface area contributed by atoms with Crippen LogP contribution in [0.1, 0.15) is 24.4 Å². The molecule has 4 heteroatoms. The van der Waals surface area contributed by atoms with Crippen molar-refractivity contribution in [2.24, 2.45) is 0 Å². The van der Waals surface area contributed by atoms with Crippen molar-refractivity contribution in [3.8, 4) is 0 Å². The van der Waals surface area contributed by atoms with Crippen molar-refractivity contribution in [1.29, 1.82) is 0 Å². The zero-order valence-electron chi connectivity index (χ0n) is 8.77. The van der Waals surface area contributed by atoms with Gasteiger partial charge >= 0.3 is 0 Å². The van der Waals surface area contributed by atoms with Gasteiger partial charge in [0.2, 0.25) is 0 Å². The largest absolute Gasteiger partial charge is 0.337 e. The average Bonchev–Trinajstić information content (AvgIpc) is 2.59. The molecule has 78 valence electrons. The summed E-state index contributed by atoms with van der Waals surface area (Å²) in [6.45, 7) is 4.13. The van der Waals surface area contributed by atoms with E-state index in [4.69, 9.17) is 12.2 Å². The Hall–Kier alpha value is -1.42. The summed E-state index contributed by atoms with van der Waals surface area (Å²) in [6.07, 6.45) is 3.72. The molecule has 0 saturated heterocycles. The predicted octanol–water partition coefficient (Wildman–Crippen LogP) is 2.86. The molecule has 1 unspecified atom stereocenters. The molecule has 0 aliphatic heterocycles. The maximum atomic E-state index is 5.23. The molecule has 1 N–H and O–H groups in total. The van der Waals surface area contributed by atoms with Crippen LogP contribution in [0.25, 0.3) is 0 Å². The molecule has 0 aromatic carbocycles. The van der Waals surface area contributed by atoms with E-state index in [0.29, 0.717) is 0 Å². The second-order valence-electron chi connectivity index (χ2n) is 3.54. The Kier molecular flexibility index (Phi) is 2.68. The molecular formula is C11H13N3S. The van der Waals surface area contributed by atoms with E-state index in [1.54, 1.807) is 6.20 Å². The van der Waals surface area contributed by atoms with E-state index in [2.05, 4.69) is 21.5 Å². The van der Waals surface area contributed by atoms with Crippen LogP contribution in [-0.2, 0) is 0 Å². The molecule has 0 amide bonds. The fourth-order valence-corrected chi connectivity index (χ4v) is 2.06. The van der Waals surface area contributed by atoms with Crippen molar-refractivity contribution in [3.63, 3.8) is 0 Å². The van der Waals surface area contributed by atoms with Crippen LogP contribution in [0.15, 0.2) is 30.6 Å². The Morgan fingerprint density at radius 1 is 1.47 bits per heavy atom. The quantitative estimate of drug-likeness (QED) is 0.788. The Balaban J connectivity index is 2.45. The van der Waals surface area contributed by atoms with Crippen molar-refractivity contribution in [2.45, 2.75) is 19.9 Å². The molecule has 0 spiro atoms. The summed E-state index contributed by atoms with van der Waals surface area (Å²) in [6, 6.07) is 6.09. The minimum absolute atomic E-state index is 0.171. The van der Waals surface area contributed by atoms with Crippen LogP contribution in [0.2, 0.25) is 0 Å². The van der Waals surface area contributed by atoms with E-state index in [-0.39, 0.29) is 6.04 Å². The Bertz CT molecular complexity index is 498. The first-order valence-electron chi connectivity index (χ1n) is 4.87. The number of nitrogens with zero attached hydrogens (tertiary/aromatic N) is 2. The lowest BCUT2D eigenvalue weighted by Crippen LogP contribution is -2.09. The summed E-state index contributed by atoms with van der Waals surface area (Å²) in [7, 11) is 0. The summed E-state index contributed by atoms with van der Waals surface area (Å²) < 4.78 is 2.81. The number of hydrogen-bond acceptors (Lipinski definition) is 2. The van der Waals surface area contributed by atoms with Crippen LogP contribution >= 0.6 is 12.2 Å². The van der Waals surface area contributed by atoms with E-state index in [0.717, 1.165) is 16.2 Å². The molecule has 0 radical (unpaired) electrons. The number of aromatic nitrogens is 3. The molecule has 0 saturated carbocycles. The Labute approximate surface area is 93.8 Å². The lowest BCUT2D eigenvalue weighted by Gasteiger charge is -2.14. The maximum Gasteiger partial charge on any atom is 0.177 e. The third-order valence-corrected chi connectivity index (χ3v) is 2.82. The second kappa shape index (κ2) is 3.98. The molecule has 2 aromatic rings. The van der Waals surface area contributed by atoms with Gasteiger partial charge < -0.3 is 9.55 Å². The van der Waals surface area contributed by atoms with Gasteiger partial charge in [0, 0.05) is 18.1 Å². The monoisotopic (exact) mass is 219 g/mol. The molecule has 1 atom stereocenters. The number of aromatic amines is 1.